The van der Waals surface area contributed by atoms with Crippen molar-refractivity contribution in [2.45, 2.75) is 44.3 Å². The standard InChI is InChI=1S/C22H22ClF3N4O/c23-17-12-14(3-4-18(17)27-15-6-9-31-10-7-15)16-5-8-30-19(11-13-1-2-13)28-29-21(30)20(16)22(24,25)26/h3-5,8,12-13,15,27H,1-2,6-7,9-11H2. The van der Waals surface area contributed by atoms with E-state index in [0.717, 1.165) is 25.7 Å². The lowest BCUT2D eigenvalue weighted by molar-refractivity contribution is -0.136. The molecule has 2 aliphatic rings. The van der Waals surface area contributed by atoms with Crippen LogP contribution in [0.15, 0.2) is 30.5 Å². The van der Waals surface area contributed by atoms with E-state index in [1.165, 1.54) is 10.5 Å². The van der Waals surface area contributed by atoms with E-state index >= 15 is 0 Å². The van der Waals surface area contributed by atoms with Crippen molar-refractivity contribution in [3.63, 3.8) is 0 Å². The van der Waals surface area contributed by atoms with Gasteiger partial charge in [-0.25, -0.2) is 0 Å². The van der Waals surface area contributed by atoms with Gasteiger partial charge in [-0.1, -0.05) is 17.7 Å². The zero-order valence-corrected chi connectivity index (χ0v) is 17.5. The highest BCUT2D eigenvalue weighted by Gasteiger charge is 2.38. The van der Waals surface area contributed by atoms with Crippen LogP contribution in [0.4, 0.5) is 18.9 Å². The average molecular weight is 451 g/mol. The summed E-state index contributed by atoms with van der Waals surface area (Å²) in [5.41, 5.74) is 0.196. The van der Waals surface area contributed by atoms with Gasteiger partial charge in [-0.05, 0) is 60.9 Å². The van der Waals surface area contributed by atoms with Crippen LogP contribution in [0.1, 0.15) is 37.1 Å². The molecule has 0 unspecified atom stereocenters. The minimum Gasteiger partial charge on any atom is -0.381 e. The molecular weight excluding hydrogens is 429 g/mol. The Morgan fingerprint density at radius 3 is 2.55 bits per heavy atom. The van der Waals surface area contributed by atoms with Crippen LogP contribution in [-0.4, -0.2) is 33.9 Å². The fourth-order valence-electron chi connectivity index (χ4n) is 4.10. The Bertz CT molecular complexity index is 1100. The van der Waals surface area contributed by atoms with Crippen molar-refractivity contribution in [2.75, 3.05) is 18.5 Å². The van der Waals surface area contributed by atoms with Crippen LogP contribution < -0.4 is 5.32 Å². The number of halogens is 4. The lowest BCUT2D eigenvalue weighted by Gasteiger charge is -2.25. The van der Waals surface area contributed by atoms with E-state index in [-0.39, 0.29) is 17.3 Å². The molecule has 1 aliphatic heterocycles. The molecule has 0 atom stereocenters. The Balaban J connectivity index is 1.52. The van der Waals surface area contributed by atoms with E-state index in [1.54, 1.807) is 24.4 Å². The first kappa shape index (κ1) is 20.6. The summed E-state index contributed by atoms with van der Waals surface area (Å²) in [7, 11) is 0. The van der Waals surface area contributed by atoms with Gasteiger partial charge in [0.05, 0.1) is 10.7 Å². The molecule has 5 nitrogen and oxygen atoms in total. The summed E-state index contributed by atoms with van der Waals surface area (Å²) < 4.78 is 49.1. The number of anilines is 1. The van der Waals surface area contributed by atoms with Crippen LogP contribution in [-0.2, 0) is 17.3 Å². The quantitative estimate of drug-likeness (QED) is 0.548. The van der Waals surface area contributed by atoms with Gasteiger partial charge >= 0.3 is 6.18 Å². The van der Waals surface area contributed by atoms with E-state index in [9.17, 15) is 13.2 Å². The summed E-state index contributed by atoms with van der Waals surface area (Å²) in [6.45, 7) is 1.37. The topological polar surface area (TPSA) is 51.5 Å². The molecule has 1 N–H and O–H groups in total. The van der Waals surface area contributed by atoms with Gasteiger partial charge < -0.3 is 10.1 Å². The molecule has 1 saturated heterocycles. The van der Waals surface area contributed by atoms with Crippen molar-refractivity contribution in [2.24, 2.45) is 5.92 Å². The van der Waals surface area contributed by atoms with Gasteiger partial charge in [0.15, 0.2) is 5.65 Å². The maximum atomic E-state index is 14.1. The fourth-order valence-corrected chi connectivity index (χ4v) is 4.34. The molecule has 164 valence electrons. The van der Waals surface area contributed by atoms with Gasteiger partial charge in [-0.3, -0.25) is 4.40 Å². The van der Waals surface area contributed by atoms with Gasteiger partial charge in [-0.15, -0.1) is 10.2 Å². The molecule has 0 spiro atoms. The first-order valence-corrected chi connectivity index (χ1v) is 10.9. The number of nitrogens with zero attached hydrogens (tertiary/aromatic N) is 3. The number of hydrogen-bond acceptors (Lipinski definition) is 4. The van der Waals surface area contributed by atoms with Crippen LogP contribution in [0, 0.1) is 5.92 Å². The Labute approximate surface area is 182 Å². The third-order valence-electron chi connectivity index (χ3n) is 5.96. The summed E-state index contributed by atoms with van der Waals surface area (Å²) in [6.07, 6.45) is 1.60. The molecule has 0 bridgehead atoms. The molecule has 31 heavy (non-hydrogen) atoms. The molecule has 5 rings (SSSR count). The molecular formula is C22H22ClF3N4O. The number of nitrogens with one attached hydrogen (secondary N) is 1. The second kappa shape index (κ2) is 7.98. The Morgan fingerprint density at radius 2 is 1.87 bits per heavy atom. The summed E-state index contributed by atoms with van der Waals surface area (Å²) in [5, 5.41) is 11.7. The summed E-state index contributed by atoms with van der Waals surface area (Å²) in [5.74, 6) is 1.07. The normalized spacial score (nSPS) is 17.9. The summed E-state index contributed by atoms with van der Waals surface area (Å²) in [4.78, 5) is 0. The minimum atomic E-state index is -4.58. The van der Waals surface area contributed by atoms with Crippen LogP contribution >= 0.6 is 11.6 Å². The van der Waals surface area contributed by atoms with E-state index < -0.39 is 11.7 Å². The number of pyridine rings is 1. The van der Waals surface area contributed by atoms with Crippen molar-refractivity contribution in [1.82, 2.24) is 14.6 Å². The predicted octanol–water partition coefficient (Wildman–Crippen LogP) is 5.61. The van der Waals surface area contributed by atoms with Gasteiger partial charge in [0.25, 0.3) is 0 Å². The van der Waals surface area contributed by atoms with E-state index in [2.05, 4.69) is 15.5 Å². The van der Waals surface area contributed by atoms with Gasteiger partial charge in [-0.2, -0.15) is 13.2 Å². The highest BCUT2D eigenvalue weighted by atomic mass is 35.5. The largest absolute Gasteiger partial charge is 0.420 e. The van der Waals surface area contributed by atoms with Gasteiger partial charge in [0.2, 0.25) is 0 Å². The Hall–Kier alpha value is -2.32. The molecule has 3 aromatic rings. The highest BCUT2D eigenvalue weighted by molar-refractivity contribution is 6.33. The number of aromatic nitrogens is 3. The van der Waals surface area contributed by atoms with Crippen molar-refractivity contribution in [3.8, 4) is 11.1 Å². The molecule has 9 heteroatoms. The second-order valence-electron chi connectivity index (χ2n) is 8.29. The van der Waals surface area contributed by atoms with Crippen molar-refractivity contribution in [1.29, 1.82) is 0 Å². The first-order valence-electron chi connectivity index (χ1n) is 10.5. The van der Waals surface area contributed by atoms with Crippen LogP contribution in [0.25, 0.3) is 16.8 Å². The highest BCUT2D eigenvalue weighted by Crippen LogP contribution is 2.41. The van der Waals surface area contributed by atoms with E-state index in [1.807, 2.05) is 0 Å². The fraction of sp³-hybridized carbons (Fsp3) is 0.455. The molecule has 2 aromatic heterocycles. The first-order chi connectivity index (χ1) is 14.9. The number of benzene rings is 1. The molecule has 1 aliphatic carbocycles. The number of alkyl halides is 3. The number of fused-ring (bicyclic) bond motifs is 1. The van der Waals surface area contributed by atoms with Crippen LogP contribution in [0.3, 0.4) is 0 Å². The third kappa shape index (κ3) is 4.23. The van der Waals surface area contributed by atoms with Crippen molar-refractivity contribution in [3.05, 3.63) is 46.9 Å². The number of hydrogen-bond donors (Lipinski definition) is 1. The van der Waals surface area contributed by atoms with Crippen molar-refractivity contribution < 1.29 is 17.9 Å². The lowest BCUT2D eigenvalue weighted by Crippen LogP contribution is -2.27. The van der Waals surface area contributed by atoms with Crippen LogP contribution in [0.5, 0.6) is 0 Å². The van der Waals surface area contributed by atoms with Gasteiger partial charge in [0.1, 0.15) is 11.4 Å². The van der Waals surface area contributed by atoms with Crippen LogP contribution in [0.2, 0.25) is 5.02 Å². The smallest absolute Gasteiger partial charge is 0.381 e. The third-order valence-corrected chi connectivity index (χ3v) is 6.28. The maximum Gasteiger partial charge on any atom is 0.420 e. The monoisotopic (exact) mass is 450 g/mol. The van der Waals surface area contributed by atoms with E-state index in [4.69, 9.17) is 16.3 Å². The molecule has 0 radical (unpaired) electrons. The minimum absolute atomic E-state index is 0.0462. The predicted molar refractivity (Wildman–Crippen MR) is 112 cm³/mol. The SMILES string of the molecule is FC(F)(F)c1c(-c2ccc(NC3CCOCC3)c(Cl)c2)ccn2c(CC3CC3)nnc12. The van der Waals surface area contributed by atoms with E-state index in [0.29, 0.717) is 47.7 Å². The molecule has 1 aromatic carbocycles. The number of ether oxygens (including phenoxy) is 1. The Kier molecular flexibility index (Phi) is 5.30. The second-order valence-corrected chi connectivity index (χ2v) is 8.69. The molecule has 2 fully saturated rings. The molecule has 0 amide bonds. The molecule has 3 heterocycles. The van der Waals surface area contributed by atoms with Gasteiger partial charge in [0, 0.05) is 31.9 Å². The lowest BCUT2D eigenvalue weighted by atomic mass is 10.00. The zero-order valence-electron chi connectivity index (χ0n) is 16.8. The molecule has 1 saturated carbocycles. The average Bonchev–Trinajstić information content (AvgIpc) is 3.47. The van der Waals surface area contributed by atoms with Crippen molar-refractivity contribution >= 4 is 22.9 Å². The number of rotatable bonds is 5. The Morgan fingerprint density at radius 1 is 1.10 bits per heavy atom. The maximum absolute atomic E-state index is 14.1. The summed E-state index contributed by atoms with van der Waals surface area (Å²) >= 11 is 6.44. The zero-order chi connectivity index (χ0) is 21.6. The summed E-state index contributed by atoms with van der Waals surface area (Å²) in [6, 6.07) is 6.69.